The molecule has 0 aliphatic carbocycles. The third-order valence-corrected chi connectivity index (χ3v) is 9.36. The molecule has 11 nitrogen and oxygen atoms in total. The predicted molar refractivity (Wildman–Crippen MR) is 165 cm³/mol. The number of hydrogen-bond donors (Lipinski definition) is 1. The van der Waals surface area contributed by atoms with Crippen LogP contribution in [0.5, 0.6) is 0 Å². The zero-order chi connectivity index (χ0) is 30.5. The molecule has 0 radical (unpaired) electrons. The van der Waals surface area contributed by atoms with Crippen molar-refractivity contribution in [3.63, 3.8) is 0 Å². The SMILES string of the molecule is COC(=O)c1cccc(N2CC3(COCC(NC(=O)c4nc5c(C)cc(N6CC[C@](C)(c7ccccc7)C6)cn5n4)C3)C2)n1. The number of carbonyl (C=O) groups is 2. The summed E-state index contributed by atoms with van der Waals surface area (Å²) in [6, 6.07) is 18.0. The molecule has 6 heterocycles. The second-order valence-electron chi connectivity index (χ2n) is 12.8. The molecule has 1 aromatic carbocycles. The average molecular weight is 596 g/mol. The van der Waals surface area contributed by atoms with E-state index in [1.54, 1.807) is 16.6 Å². The van der Waals surface area contributed by atoms with Crippen LogP contribution in [0.4, 0.5) is 11.5 Å². The molecule has 3 aliphatic rings. The number of ether oxygens (including phenoxy) is 2. The quantitative estimate of drug-likeness (QED) is 0.335. The zero-order valence-electron chi connectivity index (χ0n) is 25.3. The van der Waals surface area contributed by atoms with Gasteiger partial charge >= 0.3 is 5.97 Å². The Kier molecular flexibility index (Phi) is 7.00. The molecule has 44 heavy (non-hydrogen) atoms. The van der Waals surface area contributed by atoms with Gasteiger partial charge in [-0.05, 0) is 49.1 Å². The summed E-state index contributed by atoms with van der Waals surface area (Å²) in [5.41, 5.74) is 4.35. The Balaban J connectivity index is 1.01. The molecule has 1 unspecified atom stereocenters. The van der Waals surface area contributed by atoms with E-state index in [0.717, 1.165) is 56.1 Å². The predicted octanol–water partition coefficient (Wildman–Crippen LogP) is 3.41. The van der Waals surface area contributed by atoms with E-state index in [1.165, 1.54) is 12.7 Å². The van der Waals surface area contributed by atoms with E-state index in [1.807, 2.05) is 19.2 Å². The van der Waals surface area contributed by atoms with Crippen molar-refractivity contribution in [2.24, 2.45) is 5.41 Å². The van der Waals surface area contributed by atoms with Gasteiger partial charge in [0.2, 0.25) is 5.82 Å². The molecule has 1 spiro atoms. The van der Waals surface area contributed by atoms with Gasteiger partial charge in [-0.15, -0.1) is 5.10 Å². The van der Waals surface area contributed by atoms with Crippen LogP contribution in [-0.2, 0) is 14.9 Å². The van der Waals surface area contributed by atoms with Gasteiger partial charge in [0.05, 0.1) is 38.2 Å². The maximum Gasteiger partial charge on any atom is 0.356 e. The lowest BCUT2D eigenvalue weighted by Crippen LogP contribution is -2.64. The van der Waals surface area contributed by atoms with Gasteiger partial charge in [0.1, 0.15) is 5.82 Å². The Morgan fingerprint density at radius 1 is 1.05 bits per heavy atom. The minimum Gasteiger partial charge on any atom is -0.464 e. The first-order valence-corrected chi connectivity index (χ1v) is 15.1. The molecule has 7 rings (SSSR count). The van der Waals surface area contributed by atoms with Crippen LogP contribution in [-0.4, -0.2) is 84.0 Å². The van der Waals surface area contributed by atoms with Crippen molar-refractivity contribution in [1.82, 2.24) is 24.9 Å². The van der Waals surface area contributed by atoms with Gasteiger partial charge in [0.25, 0.3) is 5.91 Å². The number of carbonyl (C=O) groups excluding carboxylic acids is 2. The van der Waals surface area contributed by atoms with Crippen LogP contribution in [0.1, 0.15) is 52.0 Å². The molecular formula is C33H37N7O4. The number of aromatic nitrogens is 4. The normalized spacial score (nSPS) is 22.7. The van der Waals surface area contributed by atoms with Gasteiger partial charge in [-0.3, -0.25) is 4.79 Å². The highest BCUT2D eigenvalue weighted by atomic mass is 16.5. The number of rotatable bonds is 6. The lowest BCUT2D eigenvalue weighted by Gasteiger charge is -2.54. The van der Waals surface area contributed by atoms with Crippen molar-refractivity contribution < 1.29 is 19.1 Å². The van der Waals surface area contributed by atoms with E-state index in [-0.39, 0.29) is 34.3 Å². The minimum atomic E-state index is -0.458. The number of fused-ring (bicyclic) bond motifs is 1. The summed E-state index contributed by atoms with van der Waals surface area (Å²) in [5, 5.41) is 7.70. The lowest BCUT2D eigenvalue weighted by molar-refractivity contribution is -0.0408. The number of aryl methyl sites for hydroxylation is 1. The van der Waals surface area contributed by atoms with Crippen molar-refractivity contribution in [3.05, 3.63) is 83.4 Å². The Bertz CT molecular complexity index is 1720. The molecule has 1 amide bonds. The third-order valence-electron chi connectivity index (χ3n) is 9.36. The summed E-state index contributed by atoms with van der Waals surface area (Å²) in [5.74, 6) is 0.119. The number of nitrogens with one attached hydrogen (secondary N) is 1. The van der Waals surface area contributed by atoms with Crippen LogP contribution in [0.2, 0.25) is 0 Å². The number of methoxy groups -OCH3 is 1. The molecule has 0 bridgehead atoms. The molecule has 0 saturated carbocycles. The minimum absolute atomic E-state index is 0.0814. The molecular weight excluding hydrogens is 558 g/mol. The van der Waals surface area contributed by atoms with Crippen molar-refractivity contribution >= 4 is 29.0 Å². The second-order valence-corrected chi connectivity index (χ2v) is 12.8. The molecule has 11 heteroatoms. The van der Waals surface area contributed by atoms with Crippen molar-refractivity contribution in [2.45, 2.75) is 38.1 Å². The van der Waals surface area contributed by atoms with E-state index >= 15 is 0 Å². The number of benzene rings is 1. The molecule has 3 fully saturated rings. The van der Waals surface area contributed by atoms with Crippen LogP contribution < -0.4 is 15.1 Å². The fourth-order valence-electron chi connectivity index (χ4n) is 7.02. The number of hydrogen-bond acceptors (Lipinski definition) is 9. The Morgan fingerprint density at radius 2 is 1.86 bits per heavy atom. The highest BCUT2D eigenvalue weighted by Gasteiger charge is 2.48. The highest BCUT2D eigenvalue weighted by molar-refractivity contribution is 5.91. The summed E-state index contributed by atoms with van der Waals surface area (Å²) >= 11 is 0. The van der Waals surface area contributed by atoms with Crippen LogP contribution in [0, 0.1) is 12.3 Å². The van der Waals surface area contributed by atoms with Crippen LogP contribution in [0.25, 0.3) is 5.65 Å². The average Bonchev–Trinajstić information content (AvgIpc) is 3.65. The van der Waals surface area contributed by atoms with Gasteiger partial charge in [0.15, 0.2) is 11.3 Å². The summed E-state index contributed by atoms with van der Waals surface area (Å²) in [6.45, 7) is 8.71. The first-order valence-electron chi connectivity index (χ1n) is 15.1. The van der Waals surface area contributed by atoms with Crippen molar-refractivity contribution in [2.75, 3.05) is 56.3 Å². The largest absolute Gasteiger partial charge is 0.464 e. The lowest BCUT2D eigenvalue weighted by atomic mass is 9.74. The van der Waals surface area contributed by atoms with Crippen molar-refractivity contribution in [3.8, 4) is 0 Å². The molecule has 3 saturated heterocycles. The fourth-order valence-corrected chi connectivity index (χ4v) is 7.02. The van der Waals surface area contributed by atoms with E-state index < -0.39 is 5.97 Å². The first-order chi connectivity index (χ1) is 21.2. The number of esters is 1. The highest BCUT2D eigenvalue weighted by Crippen LogP contribution is 2.40. The molecule has 2 atom stereocenters. The molecule has 228 valence electrons. The van der Waals surface area contributed by atoms with Gasteiger partial charge in [-0.1, -0.05) is 43.3 Å². The summed E-state index contributed by atoms with van der Waals surface area (Å²) in [4.78, 5) is 38.8. The first kappa shape index (κ1) is 28.3. The summed E-state index contributed by atoms with van der Waals surface area (Å²) in [6.07, 6.45) is 3.82. The fraction of sp³-hybridized carbons (Fsp3) is 0.424. The smallest absolute Gasteiger partial charge is 0.356 e. The van der Waals surface area contributed by atoms with E-state index in [2.05, 4.69) is 73.5 Å². The Labute approximate surface area is 256 Å². The molecule has 1 N–H and O–H groups in total. The maximum absolute atomic E-state index is 13.3. The molecule has 3 aliphatic heterocycles. The van der Waals surface area contributed by atoms with Crippen LogP contribution >= 0.6 is 0 Å². The summed E-state index contributed by atoms with van der Waals surface area (Å²) < 4.78 is 12.5. The van der Waals surface area contributed by atoms with E-state index in [0.29, 0.717) is 18.9 Å². The van der Waals surface area contributed by atoms with E-state index in [9.17, 15) is 9.59 Å². The van der Waals surface area contributed by atoms with E-state index in [4.69, 9.17) is 9.47 Å². The number of anilines is 2. The van der Waals surface area contributed by atoms with Gasteiger partial charge in [0, 0.05) is 37.0 Å². The van der Waals surface area contributed by atoms with Crippen molar-refractivity contribution in [1.29, 1.82) is 0 Å². The van der Waals surface area contributed by atoms with Gasteiger partial charge < -0.3 is 24.6 Å². The number of pyridine rings is 2. The number of amides is 1. The Morgan fingerprint density at radius 3 is 2.66 bits per heavy atom. The zero-order valence-corrected chi connectivity index (χ0v) is 25.3. The third kappa shape index (κ3) is 5.15. The van der Waals surface area contributed by atoms with Gasteiger partial charge in [-0.2, -0.15) is 0 Å². The van der Waals surface area contributed by atoms with Gasteiger partial charge in [-0.25, -0.2) is 19.3 Å². The second kappa shape index (κ2) is 10.9. The van der Waals surface area contributed by atoms with Crippen LogP contribution in [0.3, 0.4) is 0 Å². The monoisotopic (exact) mass is 595 g/mol. The standard InChI is InChI=1S/C33H37N7O4/c1-22-14-25(38-13-12-32(2,18-38)23-8-5-4-6-9-23)16-40-29(22)36-28(37-40)30(41)34-24-15-33(21-44-17-24)19-39(20-33)27-11-7-10-26(35-27)31(42)43-3/h4-11,14,16,24H,12-13,15,17-21H2,1-3H3,(H,34,41)/t24?,32-/m0/s1. The summed E-state index contributed by atoms with van der Waals surface area (Å²) in [7, 11) is 1.35. The maximum atomic E-state index is 13.3. The molecule has 3 aromatic heterocycles. The number of nitrogens with zero attached hydrogens (tertiary/aromatic N) is 6. The topological polar surface area (TPSA) is 114 Å². The van der Waals surface area contributed by atoms with Crippen LogP contribution in [0.15, 0.2) is 60.8 Å². The Hall–Kier alpha value is -4.51. The molecule has 4 aromatic rings.